The Morgan fingerprint density at radius 2 is 1.57 bits per heavy atom. The number of nitrogens with one attached hydrogen (secondary N) is 2. The van der Waals surface area contributed by atoms with Gasteiger partial charge in [-0.2, -0.15) is 0 Å². The normalized spacial score (nSPS) is 10.1. The van der Waals surface area contributed by atoms with Crippen LogP contribution >= 0.6 is 34.8 Å². The van der Waals surface area contributed by atoms with Crippen molar-refractivity contribution in [2.45, 2.75) is 0 Å². The molecule has 120 valence electrons. The molecule has 0 unspecified atom stereocenters. The van der Waals surface area contributed by atoms with Gasteiger partial charge in [0.15, 0.2) is 0 Å². The highest BCUT2D eigenvalue weighted by molar-refractivity contribution is 6.47. The van der Waals surface area contributed by atoms with Crippen molar-refractivity contribution in [3.8, 4) is 5.75 Å². The Morgan fingerprint density at radius 3 is 2.17 bits per heavy atom. The smallest absolute Gasteiger partial charge is 0.314 e. The van der Waals surface area contributed by atoms with Gasteiger partial charge >= 0.3 is 11.8 Å². The SMILES string of the molecule is COc1ccc(Cl)cc1NC(=O)C(=O)Nc1c(Cl)cccc1Cl. The largest absolute Gasteiger partial charge is 0.495 e. The predicted molar refractivity (Wildman–Crippen MR) is 91.7 cm³/mol. The highest BCUT2D eigenvalue weighted by atomic mass is 35.5. The summed E-state index contributed by atoms with van der Waals surface area (Å²) in [5.41, 5.74) is 0.430. The van der Waals surface area contributed by atoms with Crippen LogP contribution in [0.2, 0.25) is 15.1 Å². The Bertz CT molecular complexity index is 745. The molecule has 0 fully saturated rings. The van der Waals surface area contributed by atoms with E-state index in [2.05, 4.69) is 10.6 Å². The maximum absolute atomic E-state index is 12.0. The lowest BCUT2D eigenvalue weighted by atomic mass is 10.3. The number of amides is 2. The van der Waals surface area contributed by atoms with Crippen LogP contribution in [0.5, 0.6) is 5.75 Å². The van der Waals surface area contributed by atoms with Crippen LogP contribution < -0.4 is 15.4 Å². The number of ether oxygens (including phenoxy) is 1. The average Bonchev–Trinajstić information content (AvgIpc) is 2.51. The zero-order valence-electron chi connectivity index (χ0n) is 11.8. The van der Waals surface area contributed by atoms with Crippen molar-refractivity contribution in [3.63, 3.8) is 0 Å². The minimum absolute atomic E-state index is 0.161. The fraction of sp³-hybridized carbons (Fsp3) is 0.0667. The summed E-state index contributed by atoms with van der Waals surface area (Å²) < 4.78 is 5.09. The van der Waals surface area contributed by atoms with Crippen LogP contribution in [0.1, 0.15) is 0 Å². The lowest BCUT2D eigenvalue weighted by Crippen LogP contribution is -2.29. The number of anilines is 2. The van der Waals surface area contributed by atoms with E-state index in [4.69, 9.17) is 39.5 Å². The first kappa shape index (κ1) is 17.4. The molecule has 0 aliphatic carbocycles. The zero-order valence-corrected chi connectivity index (χ0v) is 14.1. The van der Waals surface area contributed by atoms with E-state index < -0.39 is 11.8 Å². The Morgan fingerprint density at radius 1 is 0.957 bits per heavy atom. The lowest BCUT2D eigenvalue weighted by molar-refractivity contribution is -0.133. The number of hydrogen-bond acceptors (Lipinski definition) is 3. The fourth-order valence-electron chi connectivity index (χ4n) is 1.74. The molecule has 2 rings (SSSR count). The summed E-state index contributed by atoms with van der Waals surface area (Å²) in [4.78, 5) is 24.0. The first-order chi connectivity index (χ1) is 10.9. The van der Waals surface area contributed by atoms with Gasteiger partial charge in [0.25, 0.3) is 0 Å². The molecule has 23 heavy (non-hydrogen) atoms. The highest BCUT2D eigenvalue weighted by Gasteiger charge is 2.18. The molecule has 0 aliphatic heterocycles. The number of para-hydroxylation sites is 1. The van der Waals surface area contributed by atoms with Gasteiger partial charge in [0.1, 0.15) is 5.75 Å². The van der Waals surface area contributed by atoms with Crippen LogP contribution in [0, 0.1) is 0 Å². The molecule has 0 saturated heterocycles. The minimum Gasteiger partial charge on any atom is -0.495 e. The van der Waals surface area contributed by atoms with E-state index in [1.54, 1.807) is 30.3 Å². The molecule has 0 heterocycles. The Hall–Kier alpha value is -1.95. The van der Waals surface area contributed by atoms with Gasteiger partial charge in [-0.25, -0.2) is 0 Å². The van der Waals surface area contributed by atoms with E-state index in [9.17, 15) is 9.59 Å². The first-order valence-electron chi connectivity index (χ1n) is 6.32. The minimum atomic E-state index is -0.929. The van der Waals surface area contributed by atoms with Crippen molar-refractivity contribution in [1.29, 1.82) is 0 Å². The van der Waals surface area contributed by atoms with Crippen LogP contribution in [0.25, 0.3) is 0 Å². The van der Waals surface area contributed by atoms with Crippen LogP contribution in [0.3, 0.4) is 0 Å². The van der Waals surface area contributed by atoms with Crippen LogP contribution in [0.15, 0.2) is 36.4 Å². The maximum atomic E-state index is 12.0. The van der Waals surface area contributed by atoms with E-state index in [0.717, 1.165) is 0 Å². The van der Waals surface area contributed by atoms with Crippen molar-refractivity contribution in [2.24, 2.45) is 0 Å². The standard InChI is InChI=1S/C15H11Cl3N2O3/c1-23-12-6-5-8(16)7-11(12)19-14(21)15(22)20-13-9(17)3-2-4-10(13)18/h2-7H,1H3,(H,19,21)(H,20,22). The molecule has 2 amide bonds. The number of benzene rings is 2. The van der Waals surface area contributed by atoms with Crippen molar-refractivity contribution >= 4 is 58.0 Å². The first-order valence-corrected chi connectivity index (χ1v) is 7.45. The summed E-state index contributed by atoms with van der Waals surface area (Å²) in [7, 11) is 1.43. The quantitative estimate of drug-likeness (QED) is 0.791. The highest BCUT2D eigenvalue weighted by Crippen LogP contribution is 2.30. The Balaban J connectivity index is 2.15. The molecule has 0 bridgehead atoms. The molecule has 0 spiro atoms. The summed E-state index contributed by atoms with van der Waals surface area (Å²) in [6.45, 7) is 0. The van der Waals surface area contributed by atoms with Gasteiger partial charge in [-0.1, -0.05) is 40.9 Å². The third kappa shape index (κ3) is 4.28. The van der Waals surface area contributed by atoms with Gasteiger partial charge in [-0.15, -0.1) is 0 Å². The number of methoxy groups -OCH3 is 1. The van der Waals surface area contributed by atoms with Crippen LogP contribution in [-0.4, -0.2) is 18.9 Å². The predicted octanol–water partition coefficient (Wildman–Crippen LogP) is 4.23. The molecule has 2 aromatic rings. The summed E-state index contributed by atoms with van der Waals surface area (Å²) >= 11 is 17.7. The Labute approximate surface area is 147 Å². The van der Waals surface area contributed by atoms with Gasteiger partial charge in [-0.3, -0.25) is 9.59 Å². The number of carbonyl (C=O) groups excluding carboxylic acids is 2. The van der Waals surface area contributed by atoms with Crippen LogP contribution in [0.4, 0.5) is 11.4 Å². The lowest BCUT2D eigenvalue weighted by Gasteiger charge is -2.11. The summed E-state index contributed by atoms with van der Waals surface area (Å²) in [6, 6.07) is 9.34. The van der Waals surface area contributed by atoms with E-state index in [-0.39, 0.29) is 21.4 Å². The maximum Gasteiger partial charge on any atom is 0.314 e. The molecule has 2 N–H and O–H groups in total. The van der Waals surface area contributed by atoms with Gasteiger partial charge in [-0.05, 0) is 30.3 Å². The molecule has 8 heteroatoms. The van der Waals surface area contributed by atoms with Crippen molar-refractivity contribution in [3.05, 3.63) is 51.5 Å². The van der Waals surface area contributed by atoms with Gasteiger partial charge < -0.3 is 15.4 Å². The van der Waals surface area contributed by atoms with Gasteiger partial charge in [0.2, 0.25) is 0 Å². The topological polar surface area (TPSA) is 67.4 Å². The third-order valence-electron chi connectivity index (χ3n) is 2.82. The van der Waals surface area contributed by atoms with Crippen molar-refractivity contribution in [2.75, 3.05) is 17.7 Å². The van der Waals surface area contributed by atoms with E-state index in [1.807, 2.05) is 0 Å². The number of halogens is 3. The molecular formula is C15H11Cl3N2O3. The van der Waals surface area contributed by atoms with Crippen molar-refractivity contribution < 1.29 is 14.3 Å². The second-order valence-electron chi connectivity index (χ2n) is 4.35. The van der Waals surface area contributed by atoms with Gasteiger partial charge in [0.05, 0.1) is 28.5 Å². The van der Waals surface area contributed by atoms with Crippen molar-refractivity contribution in [1.82, 2.24) is 0 Å². The molecule has 0 atom stereocenters. The number of carbonyl (C=O) groups is 2. The van der Waals surface area contributed by atoms with E-state index in [1.165, 1.54) is 13.2 Å². The van der Waals surface area contributed by atoms with E-state index >= 15 is 0 Å². The molecular weight excluding hydrogens is 363 g/mol. The zero-order chi connectivity index (χ0) is 17.0. The van der Waals surface area contributed by atoms with E-state index in [0.29, 0.717) is 10.8 Å². The molecule has 2 aromatic carbocycles. The summed E-state index contributed by atoms with van der Waals surface area (Å²) in [5.74, 6) is -1.48. The third-order valence-corrected chi connectivity index (χ3v) is 3.68. The molecule has 0 aromatic heterocycles. The molecule has 5 nitrogen and oxygen atoms in total. The average molecular weight is 374 g/mol. The number of rotatable bonds is 3. The van der Waals surface area contributed by atoms with Crippen LogP contribution in [-0.2, 0) is 9.59 Å². The molecule has 0 saturated carbocycles. The summed E-state index contributed by atoms with van der Waals surface area (Å²) in [5, 5.41) is 5.60. The molecule has 0 radical (unpaired) electrons. The monoisotopic (exact) mass is 372 g/mol. The fourth-order valence-corrected chi connectivity index (χ4v) is 2.41. The summed E-state index contributed by atoms with van der Waals surface area (Å²) in [6.07, 6.45) is 0. The molecule has 0 aliphatic rings. The second-order valence-corrected chi connectivity index (χ2v) is 5.60. The Kier molecular flexibility index (Phi) is 5.71. The van der Waals surface area contributed by atoms with Gasteiger partial charge in [0, 0.05) is 5.02 Å². The number of hydrogen-bond donors (Lipinski definition) is 2. The second kappa shape index (κ2) is 7.55.